The van der Waals surface area contributed by atoms with Crippen molar-refractivity contribution in [2.24, 2.45) is 0 Å². The fourth-order valence-corrected chi connectivity index (χ4v) is 3.36. The minimum atomic E-state index is 0.158. The van der Waals surface area contributed by atoms with E-state index in [1.165, 1.54) is 0 Å². The molecule has 0 radical (unpaired) electrons. The van der Waals surface area contributed by atoms with E-state index in [2.05, 4.69) is 33.9 Å². The summed E-state index contributed by atoms with van der Waals surface area (Å²) in [6.07, 6.45) is 2.97. The quantitative estimate of drug-likeness (QED) is 0.798. The van der Waals surface area contributed by atoms with Crippen molar-refractivity contribution in [2.75, 3.05) is 25.1 Å². The molecule has 1 aromatic heterocycles. The Morgan fingerprint density at radius 2 is 2.04 bits per heavy atom. The number of hydrogen-bond donors (Lipinski definition) is 0. The summed E-state index contributed by atoms with van der Waals surface area (Å²) in [5.74, 6) is 1.06. The molecule has 0 unspecified atom stereocenters. The number of methoxy groups -OCH3 is 1. The minimum Gasteiger partial charge on any atom is -0.378 e. The number of carbonyl (C=O) groups is 1. The van der Waals surface area contributed by atoms with Gasteiger partial charge in [0.05, 0.1) is 12.3 Å². The highest BCUT2D eigenvalue weighted by molar-refractivity contribution is 5.78. The Balaban J connectivity index is 1.79. The molecular weight excluding hydrogens is 328 g/mol. The van der Waals surface area contributed by atoms with Crippen LogP contribution >= 0.6 is 0 Å². The molecule has 0 spiro atoms. The predicted molar refractivity (Wildman–Crippen MR) is 101 cm³/mol. The SMILES string of the molecule is CC[C@@H]1CN(c2cc(COC)ncn2)CCC(=O)N1Cc1ccccc1. The normalized spacial score (nSPS) is 18.1. The molecule has 138 valence electrons. The number of anilines is 1. The molecule has 6 nitrogen and oxygen atoms in total. The molecule has 2 aromatic rings. The zero-order valence-electron chi connectivity index (χ0n) is 15.5. The lowest BCUT2D eigenvalue weighted by Crippen LogP contribution is -2.42. The molecule has 26 heavy (non-hydrogen) atoms. The van der Waals surface area contributed by atoms with Gasteiger partial charge in [-0.1, -0.05) is 37.3 Å². The molecule has 0 N–H and O–H groups in total. The molecule has 0 bridgehead atoms. The number of amides is 1. The van der Waals surface area contributed by atoms with Crippen molar-refractivity contribution in [3.8, 4) is 0 Å². The van der Waals surface area contributed by atoms with Gasteiger partial charge in [0.1, 0.15) is 12.1 Å². The Morgan fingerprint density at radius 1 is 1.23 bits per heavy atom. The molecule has 0 aliphatic carbocycles. The van der Waals surface area contributed by atoms with Gasteiger partial charge in [-0.25, -0.2) is 9.97 Å². The van der Waals surface area contributed by atoms with Crippen LogP contribution in [0.2, 0.25) is 0 Å². The average molecular weight is 354 g/mol. The van der Waals surface area contributed by atoms with Gasteiger partial charge in [0, 0.05) is 45.3 Å². The summed E-state index contributed by atoms with van der Waals surface area (Å²) in [5.41, 5.74) is 2.01. The molecule has 1 aliphatic heterocycles. The predicted octanol–water partition coefficient (Wildman–Crippen LogP) is 2.64. The number of ether oxygens (including phenoxy) is 1. The van der Waals surface area contributed by atoms with Crippen molar-refractivity contribution in [3.05, 3.63) is 54.0 Å². The van der Waals surface area contributed by atoms with E-state index in [0.29, 0.717) is 26.1 Å². The number of benzene rings is 1. The first-order valence-electron chi connectivity index (χ1n) is 9.09. The maximum absolute atomic E-state index is 12.8. The summed E-state index contributed by atoms with van der Waals surface area (Å²) in [5, 5.41) is 0. The number of hydrogen-bond acceptors (Lipinski definition) is 5. The second-order valence-corrected chi connectivity index (χ2v) is 6.57. The van der Waals surface area contributed by atoms with E-state index < -0.39 is 0 Å². The molecule has 1 amide bonds. The van der Waals surface area contributed by atoms with E-state index in [1.54, 1.807) is 13.4 Å². The van der Waals surface area contributed by atoms with Gasteiger partial charge in [-0.15, -0.1) is 0 Å². The molecule has 1 fully saturated rings. The fraction of sp³-hybridized carbons (Fsp3) is 0.450. The molecule has 2 heterocycles. The van der Waals surface area contributed by atoms with Crippen LogP contribution < -0.4 is 4.90 Å². The van der Waals surface area contributed by atoms with Gasteiger partial charge < -0.3 is 14.5 Å². The maximum Gasteiger partial charge on any atom is 0.224 e. The van der Waals surface area contributed by atoms with E-state index in [0.717, 1.165) is 30.0 Å². The zero-order valence-corrected chi connectivity index (χ0v) is 15.5. The number of aromatic nitrogens is 2. The molecule has 6 heteroatoms. The van der Waals surface area contributed by atoms with Crippen molar-refractivity contribution in [1.29, 1.82) is 0 Å². The topological polar surface area (TPSA) is 58.6 Å². The number of rotatable bonds is 6. The maximum atomic E-state index is 12.8. The lowest BCUT2D eigenvalue weighted by Gasteiger charge is -2.31. The third-order valence-electron chi connectivity index (χ3n) is 4.78. The van der Waals surface area contributed by atoms with E-state index in [9.17, 15) is 4.79 Å². The Kier molecular flexibility index (Phi) is 6.17. The molecule has 1 aromatic carbocycles. The van der Waals surface area contributed by atoms with E-state index in [1.807, 2.05) is 29.2 Å². The summed E-state index contributed by atoms with van der Waals surface area (Å²) in [6.45, 7) is 4.70. The van der Waals surface area contributed by atoms with Crippen molar-refractivity contribution in [1.82, 2.24) is 14.9 Å². The second kappa shape index (κ2) is 8.76. The van der Waals surface area contributed by atoms with Crippen LogP contribution in [0.25, 0.3) is 0 Å². The van der Waals surface area contributed by atoms with Crippen LogP contribution in [0.3, 0.4) is 0 Å². The van der Waals surface area contributed by atoms with Crippen LogP contribution in [0.5, 0.6) is 0 Å². The van der Waals surface area contributed by atoms with Gasteiger partial charge in [-0.2, -0.15) is 0 Å². The monoisotopic (exact) mass is 354 g/mol. The van der Waals surface area contributed by atoms with Crippen LogP contribution in [-0.2, 0) is 22.7 Å². The first kappa shape index (κ1) is 18.3. The van der Waals surface area contributed by atoms with Crippen LogP contribution in [-0.4, -0.2) is 47.0 Å². The van der Waals surface area contributed by atoms with Crippen LogP contribution in [0.4, 0.5) is 5.82 Å². The van der Waals surface area contributed by atoms with Gasteiger partial charge in [-0.05, 0) is 12.0 Å². The van der Waals surface area contributed by atoms with E-state index in [4.69, 9.17) is 4.74 Å². The summed E-state index contributed by atoms with van der Waals surface area (Å²) in [4.78, 5) is 25.6. The molecule has 1 aliphatic rings. The molecule has 1 atom stereocenters. The summed E-state index contributed by atoms with van der Waals surface area (Å²) in [7, 11) is 1.65. The van der Waals surface area contributed by atoms with Crippen LogP contribution in [0, 0.1) is 0 Å². The third kappa shape index (κ3) is 4.38. The lowest BCUT2D eigenvalue weighted by atomic mass is 10.1. The minimum absolute atomic E-state index is 0.158. The molecule has 0 saturated carbocycles. The van der Waals surface area contributed by atoms with Crippen LogP contribution in [0.15, 0.2) is 42.7 Å². The molecular formula is C20H26N4O2. The fourth-order valence-electron chi connectivity index (χ4n) is 3.36. The van der Waals surface area contributed by atoms with E-state index in [-0.39, 0.29) is 11.9 Å². The Hall–Kier alpha value is -2.47. The highest BCUT2D eigenvalue weighted by atomic mass is 16.5. The standard InChI is InChI=1S/C20H26N4O2/c1-3-18-13-23(19-11-17(14-26-2)21-15-22-19)10-9-20(25)24(18)12-16-7-5-4-6-8-16/h4-8,11,15,18H,3,9-10,12-14H2,1-2H3/t18-/m1/s1. The largest absolute Gasteiger partial charge is 0.378 e. The van der Waals surface area contributed by atoms with Gasteiger partial charge in [0.25, 0.3) is 0 Å². The number of carbonyl (C=O) groups excluding carboxylic acids is 1. The molecule has 1 saturated heterocycles. The van der Waals surface area contributed by atoms with E-state index >= 15 is 0 Å². The van der Waals surface area contributed by atoms with Gasteiger partial charge in [0.15, 0.2) is 0 Å². The highest BCUT2D eigenvalue weighted by Gasteiger charge is 2.29. The van der Waals surface area contributed by atoms with Crippen molar-refractivity contribution >= 4 is 11.7 Å². The smallest absolute Gasteiger partial charge is 0.224 e. The van der Waals surface area contributed by atoms with Gasteiger partial charge in [0.2, 0.25) is 5.91 Å². The summed E-state index contributed by atoms with van der Waals surface area (Å²) >= 11 is 0. The van der Waals surface area contributed by atoms with Crippen molar-refractivity contribution in [3.63, 3.8) is 0 Å². The zero-order chi connectivity index (χ0) is 18.4. The summed E-state index contributed by atoms with van der Waals surface area (Å²) < 4.78 is 5.17. The van der Waals surface area contributed by atoms with Gasteiger partial charge in [-0.3, -0.25) is 4.79 Å². The average Bonchev–Trinajstić information content (AvgIpc) is 2.83. The Bertz CT molecular complexity index is 723. The van der Waals surface area contributed by atoms with Crippen LogP contribution in [0.1, 0.15) is 31.0 Å². The van der Waals surface area contributed by atoms with Gasteiger partial charge >= 0.3 is 0 Å². The van der Waals surface area contributed by atoms with Crippen molar-refractivity contribution in [2.45, 2.75) is 39.0 Å². The highest BCUT2D eigenvalue weighted by Crippen LogP contribution is 2.21. The second-order valence-electron chi connectivity index (χ2n) is 6.57. The lowest BCUT2D eigenvalue weighted by molar-refractivity contribution is -0.133. The molecule has 3 rings (SSSR count). The Labute approximate surface area is 154 Å². The first-order chi connectivity index (χ1) is 12.7. The first-order valence-corrected chi connectivity index (χ1v) is 9.09. The third-order valence-corrected chi connectivity index (χ3v) is 4.78. The van der Waals surface area contributed by atoms with Crippen molar-refractivity contribution < 1.29 is 9.53 Å². The number of nitrogens with zero attached hydrogens (tertiary/aromatic N) is 4. The Morgan fingerprint density at radius 3 is 2.77 bits per heavy atom. The summed E-state index contributed by atoms with van der Waals surface area (Å²) in [6, 6.07) is 12.3.